The molecule has 0 aliphatic rings. The molecular formula is C12H27IN4O. The maximum absolute atomic E-state index is 11.9. The minimum absolute atomic E-state index is 0. The third-order valence-corrected chi connectivity index (χ3v) is 2.49. The third-order valence-electron chi connectivity index (χ3n) is 2.49. The van der Waals surface area contributed by atoms with Gasteiger partial charge in [-0.2, -0.15) is 0 Å². The molecule has 0 aromatic carbocycles. The molecule has 0 unspecified atom stereocenters. The number of nitrogens with one attached hydrogen (secondary N) is 1. The first kappa shape index (κ1) is 19.8. The second-order valence-corrected chi connectivity index (χ2v) is 3.75. The summed E-state index contributed by atoms with van der Waals surface area (Å²) >= 11 is 0. The number of nitrogens with zero attached hydrogens (tertiary/aromatic N) is 3. The van der Waals surface area contributed by atoms with Crippen LogP contribution in [0.2, 0.25) is 0 Å². The van der Waals surface area contributed by atoms with Crippen LogP contribution < -0.4 is 5.32 Å². The molecule has 0 aliphatic heterocycles. The highest BCUT2D eigenvalue weighted by molar-refractivity contribution is 14.0. The van der Waals surface area contributed by atoms with E-state index in [1.54, 1.807) is 0 Å². The summed E-state index contributed by atoms with van der Waals surface area (Å²) in [5.41, 5.74) is 0. The number of aliphatic imine (C=N–C) groups is 1. The normalized spacial score (nSPS) is 10.6. The van der Waals surface area contributed by atoms with Gasteiger partial charge in [0, 0.05) is 33.2 Å². The van der Waals surface area contributed by atoms with Crippen molar-refractivity contribution in [3.05, 3.63) is 0 Å². The zero-order valence-corrected chi connectivity index (χ0v) is 14.5. The Bertz CT molecular complexity index is 254. The maximum atomic E-state index is 11.9. The van der Waals surface area contributed by atoms with Crippen molar-refractivity contribution in [1.29, 1.82) is 0 Å². The molecule has 0 spiro atoms. The van der Waals surface area contributed by atoms with Gasteiger partial charge >= 0.3 is 0 Å². The predicted octanol–water partition coefficient (Wildman–Crippen LogP) is 1.39. The molecule has 0 radical (unpaired) electrons. The Labute approximate surface area is 128 Å². The van der Waals surface area contributed by atoms with E-state index in [1.807, 2.05) is 44.5 Å². The first-order chi connectivity index (χ1) is 8.10. The van der Waals surface area contributed by atoms with Gasteiger partial charge in [0.1, 0.15) is 0 Å². The Morgan fingerprint density at radius 1 is 1.17 bits per heavy atom. The molecule has 0 rings (SSSR count). The molecule has 0 fully saturated rings. The molecule has 0 heterocycles. The molecule has 0 aliphatic carbocycles. The van der Waals surface area contributed by atoms with Gasteiger partial charge in [-0.05, 0) is 27.7 Å². The summed E-state index contributed by atoms with van der Waals surface area (Å²) in [4.78, 5) is 20.0. The van der Waals surface area contributed by atoms with E-state index in [9.17, 15) is 4.79 Å². The molecule has 0 saturated heterocycles. The van der Waals surface area contributed by atoms with Crippen LogP contribution in [0.15, 0.2) is 4.99 Å². The van der Waals surface area contributed by atoms with Gasteiger partial charge < -0.3 is 15.1 Å². The van der Waals surface area contributed by atoms with E-state index in [0.717, 1.165) is 25.6 Å². The average Bonchev–Trinajstić information content (AvgIpc) is 2.30. The summed E-state index contributed by atoms with van der Waals surface area (Å²) in [5.74, 6) is 0.926. The molecule has 1 N–H and O–H groups in total. The fraction of sp³-hybridized carbons (Fsp3) is 0.833. The van der Waals surface area contributed by atoms with E-state index >= 15 is 0 Å². The van der Waals surface area contributed by atoms with Crippen molar-refractivity contribution >= 4 is 35.8 Å². The predicted molar refractivity (Wildman–Crippen MR) is 87.6 cm³/mol. The minimum Gasteiger partial charge on any atom is -0.357 e. The van der Waals surface area contributed by atoms with Gasteiger partial charge in [0.2, 0.25) is 5.91 Å². The molecule has 108 valence electrons. The van der Waals surface area contributed by atoms with Crippen molar-refractivity contribution < 1.29 is 4.79 Å². The molecule has 0 saturated carbocycles. The van der Waals surface area contributed by atoms with Crippen LogP contribution in [0.5, 0.6) is 0 Å². The molecule has 18 heavy (non-hydrogen) atoms. The zero-order chi connectivity index (χ0) is 13.3. The van der Waals surface area contributed by atoms with Crippen molar-refractivity contribution in [3.63, 3.8) is 0 Å². The average molecular weight is 370 g/mol. The van der Waals surface area contributed by atoms with Crippen molar-refractivity contribution in [2.75, 3.05) is 39.8 Å². The van der Waals surface area contributed by atoms with Crippen molar-refractivity contribution in [2.45, 2.75) is 27.7 Å². The summed E-state index contributed by atoms with van der Waals surface area (Å²) in [6.45, 7) is 11.4. The monoisotopic (exact) mass is 370 g/mol. The summed E-state index contributed by atoms with van der Waals surface area (Å²) in [7, 11) is 1.89. The number of carbonyl (C=O) groups is 1. The standard InChI is InChI=1S/C12H26N4O.HI/c1-6-13-12(14-7-2)15(5)10-11(17)16(8-3)9-4;/h6-10H2,1-5H3,(H,13,14);1H. The van der Waals surface area contributed by atoms with Crippen LogP contribution >= 0.6 is 24.0 Å². The van der Waals surface area contributed by atoms with E-state index in [2.05, 4.69) is 10.3 Å². The number of rotatable bonds is 6. The SMILES string of the molecule is CCN=C(NCC)N(C)CC(=O)N(CC)CC.I. The summed E-state index contributed by atoms with van der Waals surface area (Å²) in [6, 6.07) is 0. The van der Waals surface area contributed by atoms with E-state index in [1.165, 1.54) is 0 Å². The fourth-order valence-corrected chi connectivity index (χ4v) is 1.57. The summed E-state index contributed by atoms with van der Waals surface area (Å²) < 4.78 is 0. The Morgan fingerprint density at radius 2 is 1.72 bits per heavy atom. The number of guanidine groups is 1. The molecule has 5 nitrogen and oxygen atoms in total. The van der Waals surface area contributed by atoms with Gasteiger partial charge in [-0.25, -0.2) is 0 Å². The van der Waals surface area contributed by atoms with Crippen LogP contribution in [-0.4, -0.2) is 61.4 Å². The molecule has 1 amide bonds. The van der Waals surface area contributed by atoms with Gasteiger partial charge in [-0.3, -0.25) is 9.79 Å². The lowest BCUT2D eigenvalue weighted by Crippen LogP contribution is -2.45. The van der Waals surface area contributed by atoms with Crippen LogP contribution in [0.1, 0.15) is 27.7 Å². The van der Waals surface area contributed by atoms with Crippen molar-refractivity contribution in [2.24, 2.45) is 4.99 Å². The minimum atomic E-state index is 0. The zero-order valence-electron chi connectivity index (χ0n) is 12.2. The highest BCUT2D eigenvalue weighted by Crippen LogP contribution is 1.93. The van der Waals surface area contributed by atoms with Crippen LogP contribution in [0.3, 0.4) is 0 Å². The molecular weight excluding hydrogens is 343 g/mol. The lowest BCUT2D eigenvalue weighted by atomic mass is 10.4. The summed E-state index contributed by atoms with van der Waals surface area (Å²) in [6.07, 6.45) is 0. The van der Waals surface area contributed by atoms with E-state index < -0.39 is 0 Å². The highest BCUT2D eigenvalue weighted by Gasteiger charge is 2.14. The molecule has 0 aromatic heterocycles. The number of hydrogen-bond acceptors (Lipinski definition) is 2. The first-order valence-electron chi connectivity index (χ1n) is 6.37. The quantitative estimate of drug-likeness (QED) is 0.437. The highest BCUT2D eigenvalue weighted by atomic mass is 127. The van der Waals surface area contributed by atoms with E-state index in [-0.39, 0.29) is 29.9 Å². The van der Waals surface area contributed by atoms with E-state index in [0.29, 0.717) is 13.1 Å². The second kappa shape index (κ2) is 11.6. The summed E-state index contributed by atoms with van der Waals surface area (Å²) in [5, 5.41) is 3.17. The van der Waals surface area contributed by atoms with Crippen LogP contribution in [0, 0.1) is 0 Å². The maximum Gasteiger partial charge on any atom is 0.242 e. The van der Waals surface area contributed by atoms with Crippen molar-refractivity contribution in [1.82, 2.24) is 15.1 Å². The third kappa shape index (κ3) is 7.03. The van der Waals surface area contributed by atoms with Gasteiger partial charge in [0.25, 0.3) is 0 Å². The topological polar surface area (TPSA) is 47.9 Å². The molecule has 6 heteroatoms. The first-order valence-corrected chi connectivity index (χ1v) is 6.37. The fourth-order valence-electron chi connectivity index (χ4n) is 1.57. The van der Waals surface area contributed by atoms with E-state index in [4.69, 9.17) is 0 Å². The Hall–Kier alpha value is -0.530. The van der Waals surface area contributed by atoms with Crippen LogP contribution in [0.25, 0.3) is 0 Å². The number of amides is 1. The largest absolute Gasteiger partial charge is 0.357 e. The molecule has 0 atom stereocenters. The number of halogens is 1. The van der Waals surface area contributed by atoms with Gasteiger partial charge in [0.15, 0.2) is 5.96 Å². The van der Waals surface area contributed by atoms with Crippen LogP contribution in [0.4, 0.5) is 0 Å². The number of hydrogen-bond donors (Lipinski definition) is 1. The smallest absolute Gasteiger partial charge is 0.242 e. The van der Waals surface area contributed by atoms with Crippen LogP contribution in [-0.2, 0) is 4.79 Å². The number of likely N-dealkylation sites (N-methyl/N-ethyl adjacent to an activating group) is 2. The lowest BCUT2D eigenvalue weighted by Gasteiger charge is -2.25. The van der Waals surface area contributed by atoms with Gasteiger partial charge in [-0.15, -0.1) is 24.0 Å². The van der Waals surface area contributed by atoms with Crippen molar-refractivity contribution in [3.8, 4) is 0 Å². The molecule has 0 aromatic rings. The van der Waals surface area contributed by atoms with Gasteiger partial charge in [0.05, 0.1) is 6.54 Å². The Morgan fingerprint density at radius 3 is 2.11 bits per heavy atom. The molecule has 0 bridgehead atoms. The second-order valence-electron chi connectivity index (χ2n) is 3.75. The lowest BCUT2D eigenvalue weighted by molar-refractivity contribution is -0.131. The Balaban J connectivity index is 0. The Kier molecular flexibility index (Phi) is 12.7. The van der Waals surface area contributed by atoms with Gasteiger partial charge in [-0.1, -0.05) is 0 Å². The number of carbonyl (C=O) groups excluding carboxylic acids is 1.